The summed E-state index contributed by atoms with van der Waals surface area (Å²) in [7, 11) is 3.34. The van der Waals surface area contributed by atoms with E-state index in [0.717, 1.165) is 61.4 Å². The third-order valence-electron chi connectivity index (χ3n) is 7.36. The number of nitrogens with one attached hydrogen (secondary N) is 1. The number of nitrogens with zero attached hydrogens (tertiary/aromatic N) is 3. The molecule has 0 aromatic heterocycles. The number of methoxy groups -OCH3 is 1. The Bertz CT molecular complexity index is 861. The number of urea groups is 1. The summed E-state index contributed by atoms with van der Waals surface area (Å²) < 4.78 is 5.56. The molecule has 2 aliphatic heterocycles. The van der Waals surface area contributed by atoms with Crippen LogP contribution in [0, 0.1) is 0 Å². The van der Waals surface area contributed by atoms with Crippen molar-refractivity contribution in [3.8, 4) is 5.75 Å². The lowest BCUT2D eigenvalue weighted by Gasteiger charge is -2.35. The van der Waals surface area contributed by atoms with Gasteiger partial charge in [0.15, 0.2) is 0 Å². The van der Waals surface area contributed by atoms with Crippen molar-refractivity contribution in [2.75, 3.05) is 40.3 Å². The second kappa shape index (κ2) is 9.48. The minimum atomic E-state index is -0.759. The third kappa shape index (κ3) is 4.08. The van der Waals surface area contributed by atoms with Gasteiger partial charge in [0.2, 0.25) is 5.91 Å². The zero-order valence-corrected chi connectivity index (χ0v) is 19.1. The maximum absolute atomic E-state index is 13.1. The molecule has 3 fully saturated rings. The van der Waals surface area contributed by atoms with Crippen molar-refractivity contribution in [3.63, 3.8) is 0 Å². The Morgan fingerprint density at radius 1 is 1.09 bits per heavy atom. The molecule has 8 nitrogen and oxygen atoms in total. The summed E-state index contributed by atoms with van der Waals surface area (Å²) in [4.78, 5) is 43.8. The summed E-state index contributed by atoms with van der Waals surface area (Å²) in [6, 6.07) is 7.49. The lowest BCUT2D eigenvalue weighted by atomic mass is 9.81. The van der Waals surface area contributed by atoms with E-state index >= 15 is 0 Å². The van der Waals surface area contributed by atoms with Gasteiger partial charge >= 0.3 is 6.03 Å². The quantitative estimate of drug-likeness (QED) is 0.657. The molecule has 1 aliphatic carbocycles. The first kappa shape index (κ1) is 22.6. The van der Waals surface area contributed by atoms with E-state index in [9.17, 15) is 14.4 Å². The average Bonchev–Trinajstić information content (AvgIpc) is 3.41. The SMILES string of the molecule is COc1ccccc1C(CNC(=O)CN1C(=O)N(C)C2(CCCCC2)C1=O)N1CCCC1. The van der Waals surface area contributed by atoms with Crippen LogP contribution in [0.1, 0.15) is 56.6 Å². The number of hydrogen-bond donors (Lipinski definition) is 1. The summed E-state index contributed by atoms with van der Waals surface area (Å²) >= 11 is 0. The molecule has 3 aliphatic rings. The predicted octanol–water partition coefficient (Wildman–Crippen LogP) is 2.55. The van der Waals surface area contributed by atoms with E-state index < -0.39 is 5.54 Å². The zero-order valence-electron chi connectivity index (χ0n) is 19.1. The van der Waals surface area contributed by atoms with Crippen LogP contribution < -0.4 is 10.1 Å². The number of imide groups is 1. The molecule has 1 saturated carbocycles. The van der Waals surface area contributed by atoms with Gasteiger partial charge in [-0.1, -0.05) is 37.5 Å². The molecule has 1 atom stereocenters. The van der Waals surface area contributed by atoms with Crippen molar-refractivity contribution in [1.82, 2.24) is 20.0 Å². The van der Waals surface area contributed by atoms with Crippen LogP contribution in [0.25, 0.3) is 0 Å². The van der Waals surface area contributed by atoms with Gasteiger partial charge in [-0.05, 0) is 44.8 Å². The number of likely N-dealkylation sites (N-methyl/N-ethyl adjacent to an activating group) is 1. The number of hydrogen-bond acceptors (Lipinski definition) is 5. The van der Waals surface area contributed by atoms with Gasteiger partial charge in [0.1, 0.15) is 17.8 Å². The first-order chi connectivity index (χ1) is 15.5. The van der Waals surface area contributed by atoms with Gasteiger partial charge in [-0.2, -0.15) is 0 Å². The van der Waals surface area contributed by atoms with Gasteiger partial charge in [0, 0.05) is 19.2 Å². The van der Waals surface area contributed by atoms with Gasteiger partial charge in [0.25, 0.3) is 5.91 Å². The van der Waals surface area contributed by atoms with Gasteiger partial charge in [-0.15, -0.1) is 0 Å². The monoisotopic (exact) mass is 442 g/mol. The van der Waals surface area contributed by atoms with Crippen LogP contribution in [0.2, 0.25) is 0 Å². The highest BCUT2D eigenvalue weighted by Crippen LogP contribution is 2.39. The van der Waals surface area contributed by atoms with E-state index in [1.54, 1.807) is 19.1 Å². The van der Waals surface area contributed by atoms with Crippen LogP contribution >= 0.6 is 0 Å². The number of para-hydroxylation sites is 1. The van der Waals surface area contributed by atoms with Crippen molar-refractivity contribution in [2.24, 2.45) is 0 Å². The molecule has 2 saturated heterocycles. The second-order valence-corrected chi connectivity index (χ2v) is 9.13. The highest BCUT2D eigenvalue weighted by atomic mass is 16.5. The van der Waals surface area contributed by atoms with Crippen molar-refractivity contribution in [1.29, 1.82) is 0 Å². The van der Waals surface area contributed by atoms with E-state index in [2.05, 4.69) is 10.2 Å². The maximum Gasteiger partial charge on any atom is 0.327 e. The number of likely N-dealkylation sites (tertiary alicyclic amines) is 1. The van der Waals surface area contributed by atoms with Crippen molar-refractivity contribution in [2.45, 2.75) is 56.5 Å². The normalized spacial score (nSPS) is 21.9. The molecule has 1 unspecified atom stereocenters. The first-order valence-electron chi connectivity index (χ1n) is 11.7. The molecule has 0 radical (unpaired) electrons. The Kier molecular flexibility index (Phi) is 6.69. The molecular weight excluding hydrogens is 408 g/mol. The Morgan fingerprint density at radius 2 is 1.78 bits per heavy atom. The smallest absolute Gasteiger partial charge is 0.327 e. The summed E-state index contributed by atoms with van der Waals surface area (Å²) in [5.74, 6) is 0.261. The summed E-state index contributed by atoms with van der Waals surface area (Å²) in [6.07, 6.45) is 6.56. The van der Waals surface area contributed by atoms with E-state index in [4.69, 9.17) is 4.74 Å². The van der Waals surface area contributed by atoms with Gasteiger partial charge in [-0.25, -0.2) is 4.79 Å². The Labute approximate surface area is 189 Å². The fraction of sp³-hybridized carbons (Fsp3) is 0.625. The average molecular weight is 443 g/mol. The molecule has 1 aromatic rings. The number of amides is 4. The number of ether oxygens (including phenoxy) is 1. The molecular formula is C24H34N4O4. The van der Waals surface area contributed by atoms with E-state index in [-0.39, 0.29) is 30.4 Å². The topological polar surface area (TPSA) is 82.2 Å². The Hall–Kier alpha value is -2.61. The van der Waals surface area contributed by atoms with Crippen molar-refractivity contribution < 1.29 is 19.1 Å². The molecule has 174 valence electrons. The molecule has 1 N–H and O–H groups in total. The van der Waals surface area contributed by atoms with Gasteiger partial charge < -0.3 is 15.0 Å². The number of carbonyl (C=O) groups excluding carboxylic acids is 3. The van der Waals surface area contributed by atoms with Crippen LogP contribution in [0.3, 0.4) is 0 Å². The van der Waals surface area contributed by atoms with Crippen LogP contribution in [0.15, 0.2) is 24.3 Å². The molecule has 0 bridgehead atoms. The molecule has 4 amide bonds. The lowest BCUT2D eigenvalue weighted by Crippen LogP contribution is -2.49. The van der Waals surface area contributed by atoms with E-state index in [1.165, 1.54) is 0 Å². The van der Waals surface area contributed by atoms with Crippen LogP contribution in [-0.2, 0) is 9.59 Å². The minimum absolute atomic E-state index is 0.0186. The minimum Gasteiger partial charge on any atom is -0.496 e. The highest BCUT2D eigenvalue weighted by molar-refractivity contribution is 6.08. The third-order valence-corrected chi connectivity index (χ3v) is 7.36. The van der Waals surface area contributed by atoms with E-state index in [0.29, 0.717) is 19.4 Å². The standard InChI is InChI=1S/C24H34N4O4/c1-26-23(31)28(22(30)24(26)12-6-3-7-13-24)17-21(29)25-16-19(27-14-8-9-15-27)18-10-4-5-11-20(18)32-2/h4-5,10-11,19H,3,6-9,12-17H2,1-2H3,(H,25,29). The van der Waals surface area contributed by atoms with Crippen molar-refractivity contribution in [3.05, 3.63) is 29.8 Å². The molecule has 2 heterocycles. The van der Waals surface area contributed by atoms with Crippen LogP contribution in [0.5, 0.6) is 5.75 Å². The van der Waals surface area contributed by atoms with Gasteiger partial charge in [0.05, 0.1) is 13.2 Å². The largest absolute Gasteiger partial charge is 0.496 e. The fourth-order valence-electron chi connectivity index (χ4n) is 5.51. The van der Waals surface area contributed by atoms with Gasteiger partial charge in [-0.3, -0.25) is 19.4 Å². The molecule has 8 heteroatoms. The number of benzene rings is 1. The maximum atomic E-state index is 13.1. The number of rotatable bonds is 7. The highest BCUT2D eigenvalue weighted by Gasteiger charge is 2.55. The van der Waals surface area contributed by atoms with Crippen LogP contribution in [-0.4, -0.2) is 78.4 Å². The Morgan fingerprint density at radius 3 is 2.47 bits per heavy atom. The van der Waals surface area contributed by atoms with E-state index in [1.807, 2.05) is 24.3 Å². The molecule has 4 rings (SSSR count). The molecule has 1 aromatic carbocycles. The van der Waals surface area contributed by atoms with Crippen molar-refractivity contribution >= 4 is 17.8 Å². The first-order valence-corrected chi connectivity index (χ1v) is 11.7. The fourth-order valence-corrected chi connectivity index (χ4v) is 5.51. The zero-order chi connectivity index (χ0) is 22.7. The molecule has 1 spiro atoms. The summed E-state index contributed by atoms with van der Waals surface area (Å²) in [5.41, 5.74) is 0.275. The number of carbonyl (C=O) groups is 3. The summed E-state index contributed by atoms with van der Waals surface area (Å²) in [5, 5.41) is 2.98. The second-order valence-electron chi connectivity index (χ2n) is 9.13. The summed E-state index contributed by atoms with van der Waals surface area (Å²) in [6.45, 7) is 2.10. The lowest BCUT2D eigenvalue weighted by molar-refractivity contribution is -0.137. The predicted molar refractivity (Wildman–Crippen MR) is 120 cm³/mol. The molecule has 32 heavy (non-hydrogen) atoms. The van der Waals surface area contributed by atoms with Crippen LogP contribution in [0.4, 0.5) is 4.79 Å². The Balaban J connectivity index is 1.43.